The first-order chi connectivity index (χ1) is 12.7. The Morgan fingerprint density at radius 3 is 2.79 bits per heavy atom. The number of aromatic nitrogens is 1. The van der Waals surface area contributed by atoms with Gasteiger partial charge in [0.15, 0.2) is 5.58 Å². The molecule has 1 amide bonds. The molecule has 2 aliphatic rings. The molecule has 9 heteroatoms. The van der Waals surface area contributed by atoms with E-state index in [-0.39, 0.29) is 36.6 Å². The van der Waals surface area contributed by atoms with Crippen molar-refractivity contribution < 1.29 is 9.21 Å². The number of carbonyl (C=O) groups excluding carboxylic acids is 1. The van der Waals surface area contributed by atoms with E-state index in [0.717, 1.165) is 51.1 Å². The molecule has 28 heavy (non-hydrogen) atoms. The van der Waals surface area contributed by atoms with Crippen molar-refractivity contribution in [3.63, 3.8) is 0 Å². The van der Waals surface area contributed by atoms with Crippen molar-refractivity contribution in [1.82, 2.24) is 15.6 Å². The first-order valence-corrected chi connectivity index (χ1v) is 9.86. The molecule has 2 saturated heterocycles. The van der Waals surface area contributed by atoms with Crippen molar-refractivity contribution in [3.05, 3.63) is 23.2 Å². The zero-order chi connectivity index (χ0) is 17.9. The zero-order valence-electron chi connectivity index (χ0n) is 15.7. The molecule has 0 radical (unpaired) electrons. The number of amides is 1. The summed E-state index contributed by atoms with van der Waals surface area (Å²) in [6, 6.07) is 6.09. The second kappa shape index (κ2) is 10.5. The lowest BCUT2D eigenvalue weighted by Gasteiger charge is -2.30. The predicted octanol–water partition coefficient (Wildman–Crippen LogP) is 3.66. The molecule has 0 aliphatic carbocycles. The number of fused-ring (bicyclic) bond motifs is 1. The number of carbonyl (C=O) groups is 1. The molecular weight excluding hydrogens is 423 g/mol. The van der Waals surface area contributed by atoms with Gasteiger partial charge in [0.25, 0.3) is 6.01 Å². The second-order valence-corrected chi connectivity index (χ2v) is 7.76. The van der Waals surface area contributed by atoms with Crippen LogP contribution in [0, 0.1) is 11.8 Å². The fourth-order valence-electron chi connectivity index (χ4n) is 3.84. The van der Waals surface area contributed by atoms with E-state index >= 15 is 0 Å². The highest BCUT2D eigenvalue weighted by molar-refractivity contribution is 6.31. The highest BCUT2D eigenvalue weighted by Gasteiger charge is 2.27. The molecule has 1 aromatic heterocycles. The van der Waals surface area contributed by atoms with E-state index in [9.17, 15) is 4.79 Å². The number of rotatable bonds is 4. The van der Waals surface area contributed by atoms with E-state index < -0.39 is 0 Å². The average Bonchev–Trinajstić information content (AvgIpc) is 3.10. The summed E-state index contributed by atoms with van der Waals surface area (Å²) in [5, 5.41) is 7.19. The monoisotopic (exact) mass is 448 g/mol. The Morgan fingerprint density at radius 1 is 1.29 bits per heavy atom. The minimum atomic E-state index is 0. The summed E-state index contributed by atoms with van der Waals surface area (Å²) < 4.78 is 5.83. The summed E-state index contributed by atoms with van der Waals surface area (Å²) >= 11 is 6.00. The highest BCUT2D eigenvalue weighted by Crippen LogP contribution is 2.28. The first-order valence-electron chi connectivity index (χ1n) is 9.48. The smallest absolute Gasteiger partial charge is 0.298 e. The van der Waals surface area contributed by atoms with Crippen LogP contribution >= 0.6 is 36.4 Å². The summed E-state index contributed by atoms with van der Waals surface area (Å²) in [4.78, 5) is 19.1. The number of anilines is 1. The van der Waals surface area contributed by atoms with Crippen LogP contribution < -0.4 is 15.5 Å². The largest absolute Gasteiger partial charge is 0.423 e. The lowest BCUT2D eigenvalue weighted by Crippen LogP contribution is -2.43. The third-order valence-electron chi connectivity index (χ3n) is 5.44. The van der Waals surface area contributed by atoms with Crippen LogP contribution in [-0.4, -0.2) is 43.6 Å². The Kier molecular flexibility index (Phi) is 8.68. The average molecular weight is 450 g/mol. The lowest BCUT2D eigenvalue weighted by atomic mass is 9.95. The summed E-state index contributed by atoms with van der Waals surface area (Å²) in [6.07, 6.45) is 4.06. The van der Waals surface area contributed by atoms with Gasteiger partial charge in [-0.2, -0.15) is 4.98 Å². The van der Waals surface area contributed by atoms with Crippen molar-refractivity contribution in [3.8, 4) is 0 Å². The van der Waals surface area contributed by atoms with Gasteiger partial charge in [0.1, 0.15) is 5.52 Å². The molecule has 2 fully saturated rings. The van der Waals surface area contributed by atoms with Crippen molar-refractivity contribution >= 4 is 59.4 Å². The molecular formula is C19H27Cl3N4O2. The Hall–Kier alpha value is -1.21. The lowest BCUT2D eigenvalue weighted by molar-refractivity contribution is -0.125. The molecule has 0 spiro atoms. The van der Waals surface area contributed by atoms with Gasteiger partial charge in [0.2, 0.25) is 5.91 Å². The summed E-state index contributed by atoms with van der Waals surface area (Å²) in [5.74, 6) is 0.848. The first kappa shape index (κ1) is 23.1. The summed E-state index contributed by atoms with van der Waals surface area (Å²) in [7, 11) is 0. The number of hydrogen-bond donors (Lipinski definition) is 2. The summed E-state index contributed by atoms with van der Waals surface area (Å²) in [5.41, 5.74) is 1.51. The van der Waals surface area contributed by atoms with Gasteiger partial charge >= 0.3 is 0 Å². The minimum Gasteiger partial charge on any atom is -0.423 e. The van der Waals surface area contributed by atoms with Crippen molar-refractivity contribution in [2.45, 2.75) is 25.7 Å². The molecule has 0 bridgehead atoms. The number of nitrogens with zero attached hydrogens (tertiary/aromatic N) is 2. The molecule has 1 unspecified atom stereocenters. The van der Waals surface area contributed by atoms with Crippen molar-refractivity contribution in [2.75, 3.05) is 37.6 Å². The molecule has 2 aromatic rings. The maximum absolute atomic E-state index is 12.5. The normalized spacial score (nSPS) is 20.3. The van der Waals surface area contributed by atoms with Crippen molar-refractivity contribution in [1.29, 1.82) is 0 Å². The fourth-order valence-corrected chi connectivity index (χ4v) is 4.00. The van der Waals surface area contributed by atoms with E-state index in [1.807, 2.05) is 12.1 Å². The van der Waals surface area contributed by atoms with Gasteiger partial charge in [-0.3, -0.25) is 4.79 Å². The standard InChI is InChI=1S/C19H25ClN4O2.2ClH/c20-15-3-4-16-17(10-15)26-19(23-16)24-8-5-14(6-9-24)18(25)22-12-13-2-1-7-21-11-13;;/h3-4,10,13-14,21H,1-2,5-9,11-12H2,(H,22,25);2*1H. The van der Waals surface area contributed by atoms with Crippen LogP contribution in [0.4, 0.5) is 6.01 Å². The second-order valence-electron chi connectivity index (χ2n) is 7.33. The maximum atomic E-state index is 12.5. The molecule has 6 nitrogen and oxygen atoms in total. The Bertz CT molecular complexity index is 772. The number of benzene rings is 1. The third-order valence-corrected chi connectivity index (χ3v) is 5.67. The number of hydrogen-bond acceptors (Lipinski definition) is 5. The van der Waals surface area contributed by atoms with Gasteiger partial charge in [-0.1, -0.05) is 11.6 Å². The van der Waals surface area contributed by atoms with Gasteiger partial charge in [-0.25, -0.2) is 0 Å². The maximum Gasteiger partial charge on any atom is 0.298 e. The van der Waals surface area contributed by atoms with Gasteiger partial charge in [0.05, 0.1) is 0 Å². The molecule has 2 aliphatic heterocycles. The van der Waals surface area contributed by atoms with Gasteiger partial charge in [0, 0.05) is 36.6 Å². The molecule has 3 heterocycles. The van der Waals surface area contributed by atoms with Crippen LogP contribution in [0.5, 0.6) is 0 Å². The number of oxazole rings is 1. The molecule has 4 rings (SSSR count). The van der Waals surface area contributed by atoms with E-state index in [0.29, 0.717) is 22.5 Å². The van der Waals surface area contributed by atoms with Crippen LogP contribution in [0.2, 0.25) is 5.02 Å². The Morgan fingerprint density at radius 2 is 2.07 bits per heavy atom. The quantitative estimate of drug-likeness (QED) is 0.745. The Labute approximate surface area is 182 Å². The van der Waals surface area contributed by atoms with E-state index in [4.69, 9.17) is 16.0 Å². The summed E-state index contributed by atoms with van der Waals surface area (Å²) in [6.45, 7) is 4.47. The van der Waals surface area contributed by atoms with Gasteiger partial charge in [-0.05, 0) is 56.8 Å². The Balaban J connectivity index is 0.00000140. The van der Waals surface area contributed by atoms with E-state index in [2.05, 4.69) is 20.5 Å². The predicted molar refractivity (Wildman–Crippen MR) is 117 cm³/mol. The van der Waals surface area contributed by atoms with Crippen LogP contribution in [0.1, 0.15) is 25.7 Å². The van der Waals surface area contributed by atoms with Crippen LogP contribution in [-0.2, 0) is 4.79 Å². The van der Waals surface area contributed by atoms with Crippen LogP contribution in [0.15, 0.2) is 22.6 Å². The third kappa shape index (κ3) is 5.44. The fraction of sp³-hybridized carbons (Fsp3) is 0.579. The molecule has 156 valence electrons. The van der Waals surface area contributed by atoms with Gasteiger partial charge in [-0.15, -0.1) is 24.8 Å². The topological polar surface area (TPSA) is 70.4 Å². The molecule has 1 aromatic carbocycles. The zero-order valence-corrected chi connectivity index (χ0v) is 18.0. The molecule has 0 saturated carbocycles. The van der Waals surface area contributed by atoms with Crippen molar-refractivity contribution in [2.24, 2.45) is 11.8 Å². The number of piperidine rings is 2. The molecule has 1 atom stereocenters. The van der Waals surface area contributed by atoms with E-state index in [1.165, 1.54) is 12.8 Å². The number of halogens is 3. The van der Waals surface area contributed by atoms with Gasteiger partial charge < -0.3 is 20.0 Å². The van der Waals surface area contributed by atoms with Crippen LogP contribution in [0.25, 0.3) is 11.1 Å². The van der Waals surface area contributed by atoms with E-state index in [1.54, 1.807) is 6.07 Å². The van der Waals surface area contributed by atoms with Crippen LogP contribution in [0.3, 0.4) is 0 Å². The number of nitrogens with one attached hydrogen (secondary N) is 2. The highest BCUT2D eigenvalue weighted by atomic mass is 35.5. The minimum absolute atomic E-state index is 0. The SMILES string of the molecule is Cl.Cl.O=C(NCC1CCCNC1)C1CCN(c2nc3ccc(Cl)cc3o2)CC1. The molecule has 2 N–H and O–H groups in total.